The zero-order valence-corrected chi connectivity index (χ0v) is 22.6. The van der Waals surface area contributed by atoms with Gasteiger partial charge in [0, 0.05) is 39.8 Å². The first-order valence-corrected chi connectivity index (χ1v) is 13.4. The monoisotopic (exact) mass is 539 g/mol. The third-order valence-electron chi connectivity index (χ3n) is 7.42. The number of carbonyl (C=O) groups excluding carboxylic acids is 1. The lowest BCUT2D eigenvalue weighted by Crippen LogP contribution is -2.21. The van der Waals surface area contributed by atoms with Gasteiger partial charge in [-0.15, -0.1) is 0 Å². The number of H-pyrrole nitrogens is 1. The maximum atomic E-state index is 13.4. The Morgan fingerprint density at radius 3 is 2.54 bits per heavy atom. The number of carbonyl (C=O) groups is 1. The van der Waals surface area contributed by atoms with Crippen molar-refractivity contribution in [1.82, 2.24) is 14.8 Å². The maximum Gasteiger partial charge on any atom is 0.250 e. The summed E-state index contributed by atoms with van der Waals surface area (Å²) < 4.78 is 1.63. The fourth-order valence-corrected chi connectivity index (χ4v) is 5.03. The highest BCUT2D eigenvalue weighted by Crippen LogP contribution is 2.28. The summed E-state index contributed by atoms with van der Waals surface area (Å²) in [5.41, 5.74) is 4.65. The Hall–Kier alpha value is -4.00. The van der Waals surface area contributed by atoms with Crippen LogP contribution in [0.4, 0.5) is 0 Å². The minimum atomic E-state index is -0.875. The molecule has 0 aliphatic heterocycles. The predicted octanol–water partition coefficient (Wildman–Crippen LogP) is 6.21. The van der Waals surface area contributed by atoms with Crippen molar-refractivity contribution in [2.75, 3.05) is 0 Å². The van der Waals surface area contributed by atoms with E-state index >= 15 is 0 Å². The highest BCUT2D eigenvalue weighted by molar-refractivity contribution is 6.31. The molecule has 2 N–H and O–H groups in total. The zero-order chi connectivity index (χ0) is 27.5. The molecule has 0 fully saturated rings. The molecule has 5 rings (SSSR count). The van der Waals surface area contributed by atoms with Gasteiger partial charge in [0.05, 0.1) is 12.1 Å². The molecule has 3 atom stereocenters. The van der Waals surface area contributed by atoms with Gasteiger partial charge in [0.1, 0.15) is 6.10 Å². The van der Waals surface area contributed by atoms with Crippen molar-refractivity contribution < 1.29 is 9.90 Å². The van der Waals surface area contributed by atoms with E-state index in [-0.39, 0.29) is 23.2 Å². The van der Waals surface area contributed by atoms with E-state index in [0.29, 0.717) is 29.1 Å². The molecule has 2 aromatic heterocycles. The van der Waals surface area contributed by atoms with E-state index in [9.17, 15) is 14.7 Å². The van der Waals surface area contributed by atoms with E-state index in [2.05, 4.69) is 17.1 Å². The molecule has 0 aliphatic carbocycles. The molecule has 3 unspecified atom stereocenters. The van der Waals surface area contributed by atoms with Crippen LogP contribution in [0.5, 0.6) is 0 Å². The first-order valence-electron chi connectivity index (χ1n) is 13.0. The highest BCUT2D eigenvalue weighted by Gasteiger charge is 2.24. The minimum absolute atomic E-state index is 0.0297. The SMILES string of the molecule is CC(Cc1[nH]nc2ccc(Cl)cc12)C(C)C(=O)c1cccc(C(O)c2ccc(Cn3ccccc3=O)cc2)c1. The van der Waals surface area contributed by atoms with Gasteiger partial charge in [-0.1, -0.05) is 74.0 Å². The van der Waals surface area contributed by atoms with Crippen LogP contribution in [-0.2, 0) is 13.0 Å². The molecule has 2 heterocycles. The number of nitrogens with zero attached hydrogens (tertiary/aromatic N) is 2. The van der Waals surface area contributed by atoms with Crippen LogP contribution in [0.2, 0.25) is 5.02 Å². The summed E-state index contributed by atoms with van der Waals surface area (Å²) in [5.74, 6) is -0.156. The molecule has 0 radical (unpaired) electrons. The molecule has 0 saturated carbocycles. The largest absolute Gasteiger partial charge is 0.384 e. The number of halogens is 1. The first-order chi connectivity index (χ1) is 18.8. The molecule has 3 aromatic carbocycles. The van der Waals surface area contributed by atoms with Crippen molar-refractivity contribution in [3.8, 4) is 0 Å². The summed E-state index contributed by atoms with van der Waals surface area (Å²) in [6, 6.07) is 25.4. The predicted molar refractivity (Wildman–Crippen MR) is 154 cm³/mol. The van der Waals surface area contributed by atoms with Gasteiger partial charge < -0.3 is 9.67 Å². The standard InChI is InChI=1S/C32H30ClN3O3/c1-20(16-29-27-18-26(33)13-14-28(27)34-35-29)21(2)31(38)24-6-5-7-25(17-24)32(39)23-11-9-22(10-12-23)19-36-15-4-3-8-30(36)37/h3-15,17-18,20-21,32,39H,16,19H2,1-2H3,(H,34,35). The molecule has 198 valence electrons. The number of aromatic nitrogens is 3. The number of hydrogen-bond donors (Lipinski definition) is 2. The third-order valence-corrected chi connectivity index (χ3v) is 7.66. The van der Waals surface area contributed by atoms with Gasteiger partial charge in [-0.05, 0) is 59.4 Å². The van der Waals surface area contributed by atoms with Crippen LogP contribution in [0.3, 0.4) is 0 Å². The van der Waals surface area contributed by atoms with Gasteiger partial charge in [0.2, 0.25) is 0 Å². The Bertz CT molecular complexity index is 1670. The lowest BCUT2D eigenvalue weighted by atomic mass is 9.84. The van der Waals surface area contributed by atoms with E-state index in [4.69, 9.17) is 11.6 Å². The van der Waals surface area contributed by atoms with Crippen LogP contribution in [0.25, 0.3) is 10.9 Å². The summed E-state index contributed by atoms with van der Waals surface area (Å²) in [5, 5.41) is 20.2. The second-order valence-electron chi connectivity index (χ2n) is 10.1. The molecule has 6 nitrogen and oxygen atoms in total. The number of benzene rings is 3. The van der Waals surface area contributed by atoms with Gasteiger partial charge in [-0.3, -0.25) is 14.7 Å². The molecule has 0 bridgehead atoms. The Labute approximate surface area is 231 Å². The van der Waals surface area contributed by atoms with Crippen molar-refractivity contribution >= 4 is 28.3 Å². The van der Waals surface area contributed by atoms with Gasteiger partial charge in [0.25, 0.3) is 5.56 Å². The van der Waals surface area contributed by atoms with Crippen LogP contribution >= 0.6 is 11.6 Å². The number of pyridine rings is 1. The minimum Gasteiger partial charge on any atom is -0.384 e. The molecule has 0 saturated heterocycles. The molecular formula is C32H30ClN3O3. The number of aliphatic hydroxyl groups is 1. The van der Waals surface area contributed by atoms with E-state index < -0.39 is 6.10 Å². The van der Waals surface area contributed by atoms with Gasteiger partial charge in [-0.25, -0.2) is 0 Å². The van der Waals surface area contributed by atoms with E-state index in [1.54, 1.807) is 29.0 Å². The van der Waals surface area contributed by atoms with Crippen molar-refractivity contribution in [1.29, 1.82) is 0 Å². The van der Waals surface area contributed by atoms with Crippen LogP contribution in [-0.4, -0.2) is 25.7 Å². The molecule has 0 aliphatic rings. The smallest absolute Gasteiger partial charge is 0.250 e. The summed E-state index contributed by atoms with van der Waals surface area (Å²) in [7, 11) is 0. The van der Waals surface area contributed by atoms with Crippen LogP contribution in [0, 0.1) is 11.8 Å². The topological polar surface area (TPSA) is 88.0 Å². The summed E-state index contributed by atoms with van der Waals surface area (Å²) in [4.78, 5) is 25.4. The first kappa shape index (κ1) is 26.6. The zero-order valence-electron chi connectivity index (χ0n) is 21.8. The second-order valence-corrected chi connectivity index (χ2v) is 10.6. The lowest BCUT2D eigenvalue weighted by molar-refractivity contribution is 0.0892. The number of Topliss-reactive ketones (excluding diaryl/α,β-unsaturated/α-hetero) is 1. The van der Waals surface area contributed by atoms with Gasteiger partial charge in [-0.2, -0.15) is 5.10 Å². The van der Waals surface area contributed by atoms with Crippen LogP contribution in [0.15, 0.2) is 95.9 Å². The number of hydrogen-bond acceptors (Lipinski definition) is 4. The number of rotatable bonds is 9. The number of aliphatic hydroxyl groups excluding tert-OH is 1. The lowest BCUT2D eigenvalue weighted by Gasteiger charge is -2.19. The van der Waals surface area contributed by atoms with E-state index in [1.165, 1.54) is 6.07 Å². The molecule has 7 heteroatoms. The van der Waals surface area contributed by atoms with Crippen LogP contribution < -0.4 is 5.56 Å². The molecule has 5 aromatic rings. The van der Waals surface area contributed by atoms with E-state index in [0.717, 1.165) is 27.7 Å². The van der Waals surface area contributed by atoms with Gasteiger partial charge >= 0.3 is 0 Å². The molecule has 0 spiro atoms. The quantitative estimate of drug-likeness (QED) is 0.218. The summed E-state index contributed by atoms with van der Waals surface area (Å²) in [6.45, 7) is 4.46. The molecular weight excluding hydrogens is 510 g/mol. The number of ketones is 1. The maximum absolute atomic E-state index is 13.4. The number of nitrogens with one attached hydrogen (secondary N) is 1. The normalized spacial score (nSPS) is 13.7. The van der Waals surface area contributed by atoms with Crippen molar-refractivity contribution in [2.24, 2.45) is 11.8 Å². The Kier molecular flexibility index (Phi) is 7.77. The Balaban J connectivity index is 1.28. The van der Waals surface area contributed by atoms with Crippen molar-refractivity contribution in [3.63, 3.8) is 0 Å². The average Bonchev–Trinajstić information content (AvgIpc) is 3.35. The summed E-state index contributed by atoms with van der Waals surface area (Å²) >= 11 is 6.18. The Morgan fingerprint density at radius 1 is 0.974 bits per heavy atom. The number of aromatic amines is 1. The Morgan fingerprint density at radius 2 is 1.77 bits per heavy atom. The third kappa shape index (κ3) is 5.87. The molecule has 39 heavy (non-hydrogen) atoms. The fourth-order valence-electron chi connectivity index (χ4n) is 4.86. The van der Waals surface area contributed by atoms with Gasteiger partial charge in [0.15, 0.2) is 5.78 Å². The summed E-state index contributed by atoms with van der Waals surface area (Å²) in [6.07, 6.45) is 1.54. The highest BCUT2D eigenvalue weighted by atomic mass is 35.5. The number of fused-ring (bicyclic) bond motifs is 1. The fraction of sp³-hybridized carbons (Fsp3) is 0.219. The second kappa shape index (κ2) is 11.4. The molecule has 0 amide bonds. The van der Waals surface area contributed by atoms with Crippen LogP contribution in [0.1, 0.15) is 52.7 Å². The van der Waals surface area contributed by atoms with Crippen molar-refractivity contribution in [2.45, 2.75) is 32.9 Å². The van der Waals surface area contributed by atoms with E-state index in [1.807, 2.05) is 67.6 Å². The average molecular weight is 540 g/mol. The van der Waals surface area contributed by atoms with Crippen molar-refractivity contribution in [3.05, 3.63) is 134 Å².